The zero-order chi connectivity index (χ0) is 36.2. The predicted molar refractivity (Wildman–Crippen MR) is 222 cm³/mol. The van der Waals surface area contributed by atoms with Gasteiger partial charge in [0.2, 0.25) is 5.69 Å². The molecule has 0 fully saturated rings. The summed E-state index contributed by atoms with van der Waals surface area (Å²) >= 11 is 0. The summed E-state index contributed by atoms with van der Waals surface area (Å²) < 4.78 is 4.59. The minimum atomic E-state index is 0.354. The van der Waals surface area contributed by atoms with Gasteiger partial charge in [-0.2, -0.15) is 5.26 Å². The minimum Gasteiger partial charge on any atom is -0.309 e. The zero-order valence-corrected chi connectivity index (χ0v) is 29.1. The molecule has 0 saturated heterocycles. The SMILES string of the molecule is [C-]#[N+]c1ccc(-n2c3ccc(-c4ccccc4)cc3c3c(-c4ccc5c(c4)c4cc(-c6ccccc6)ccc4n5-c4ccccc4)cccc32)cc1C#N. The van der Waals surface area contributed by atoms with E-state index >= 15 is 0 Å². The fraction of sp³-hybridized carbons (Fsp3) is 0. The molecule has 10 aromatic rings. The van der Waals surface area contributed by atoms with Gasteiger partial charge in [0.1, 0.15) is 0 Å². The van der Waals surface area contributed by atoms with Gasteiger partial charge in [-0.05, 0) is 100 Å². The molecule has 0 aliphatic carbocycles. The molecule has 0 radical (unpaired) electrons. The number of nitriles is 1. The molecule has 0 unspecified atom stereocenters. The number of nitrogens with zero attached hydrogens (tertiary/aromatic N) is 4. The predicted octanol–water partition coefficient (Wildman–Crippen LogP) is 13.3. The molecule has 0 aliphatic heterocycles. The zero-order valence-electron chi connectivity index (χ0n) is 29.1. The van der Waals surface area contributed by atoms with Crippen LogP contribution in [0, 0.1) is 17.9 Å². The van der Waals surface area contributed by atoms with Gasteiger partial charge in [-0.25, -0.2) is 4.85 Å². The molecule has 0 aliphatic rings. The Morgan fingerprint density at radius 2 is 0.963 bits per heavy atom. The molecule has 0 saturated carbocycles. The van der Waals surface area contributed by atoms with Crippen molar-refractivity contribution >= 4 is 49.3 Å². The van der Waals surface area contributed by atoms with E-state index < -0.39 is 0 Å². The third kappa shape index (κ3) is 4.90. The summed E-state index contributed by atoms with van der Waals surface area (Å²) in [7, 11) is 0. The first-order valence-electron chi connectivity index (χ1n) is 17.9. The first kappa shape index (κ1) is 31.1. The third-order valence-corrected chi connectivity index (χ3v) is 10.6. The van der Waals surface area contributed by atoms with Crippen molar-refractivity contribution in [2.75, 3.05) is 0 Å². The molecule has 0 atom stereocenters. The second-order valence-electron chi connectivity index (χ2n) is 13.6. The Hall–Kier alpha value is -7.66. The fourth-order valence-corrected chi connectivity index (χ4v) is 8.11. The van der Waals surface area contributed by atoms with Crippen LogP contribution in [0.25, 0.3) is 93.2 Å². The fourth-order valence-electron chi connectivity index (χ4n) is 8.11. The Kier molecular flexibility index (Phi) is 7.22. The van der Waals surface area contributed by atoms with Crippen LogP contribution in [0.5, 0.6) is 0 Å². The summed E-state index contributed by atoms with van der Waals surface area (Å²) in [4.78, 5) is 3.59. The van der Waals surface area contributed by atoms with Gasteiger partial charge in [0.15, 0.2) is 0 Å². The lowest BCUT2D eigenvalue weighted by molar-refractivity contribution is 1.18. The molecule has 10 rings (SSSR count). The van der Waals surface area contributed by atoms with Gasteiger partial charge in [0.25, 0.3) is 0 Å². The van der Waals surface area contributed by atoms with E-state index in [1.54, 1.807) is 6.07 Å². The number of hydrogen-bond acceptors (Lipinski definition) is 1. The molecule has 2 aromatic heterocycles. The number of benzene rings is 8. The highest BCUT2D eigenvalue weighted by molar-refractivity contribution is 6.18. The summed E-state index contributed by atoms with van der Waals surface area (Å²) in [5.41, 5.74) is 14.0. The van der Waals surface area contributed by atoms with Crippen molar-refractivity contribution in [1.82, 2.24) is 9.13 Å². The van der Waals surface area contributed by atoms with Gasteiger partial charge in [0.05, 0.1) is 40.3 Å². The number of hydrogen-bond donors (Lipinski definition) is 0. The van der Waals surface area contributed by atoms with Crippen LogP contribution in [-0.4, -0.2) is 9.13 Å². The minimum absolute atomic E-state index is 0.354. The van der Waals surface area contributed by atoms with E-state index in [0.717, 1.165) is 66.5 Å². The number of fused-ring (bicyclic) bond motifs is 6. The third-order valence-electron chi connectivity index (χ3n) is 10.6. The van der Waals surface area contributed by atoms with Crippen LogP contribution in [-0.2, 0) is 0 Å². The van der Waals surface area contributed by atoms with Gasteiger partial charge in [0, 0.05) is 32.9 Å². The van der Waals surface area contributed by atoms with Gasteiger partial charge in [-0.15, -0.1) is 0 Å². The first-order valence-corrected chi connectivity index (χ1v) is 17.9. The van der Waals surface area contributed by atoms with E-state index in [4.69, 9.17) is 6.57 Å². The average molecular weight is 687 g/mol. The van der Waals surface area contributed by atoms with Crippen molar-refractivity contribution in [3.63, 3.8) is 0 Å². The Labute approximate surface area is 312 Å². The Balaban J connectivity index is 1.27. The molecular weight excluding hydrogens is 657 g/mol. The van der Waals surface area contributed by atoms with Crippen molar-refractivity contribution in [2.45, 2.75) is 0 Å². The highest BCUT2D eigenvalue weighted by Crippen LogP contribution is 2.43. The highest BCUT2D eigenvalue weighted by atomic mass is 15.0. The second kappa shape index (κ2) is 12.5. The standard InChI is InChI=1S/C50H30N4/c1-52-45-24-23-40(28-38(45)32-51)54-48-26-21-36(34-14-7-3-8-15-34)30-44(48)50-41(18-11-19-49(50)54)37-22-27-47-43(31-37)42-29-35(33-12-5-2-6-13-33)20-25-46(42)53(47)39-16-9-4-10-17-39/h2-31H. The maximum atomic E-state index is 9.97. The normalized spacial score (nSPS) is 11.3. The molecule has 0 bridgehead atoms. The molecule has 2 heterocycles. The van der Waals surface area contributed by atoms with Crippen molar-refractivity contribution in [3.8, 4) is 50.8 Å². The van der Waals surface area contributed by atoms with E-state index in [1.165, 1.54) is 21.9 Å². The van der Waals surface area contributed by atoms with Crippen LogP contribution >= 0.6 is 0 Å². The van der Waals surface area contributed by atoms with E-state index in [9.17, 15) is 5.26 Å². The van der Waals surface area contributed by atoms with Crippen LogP contribution in [0.4, 0.5) is 5.69 Å². The van der Waals surface area contributed by atoms with Crippen LogP contribution in [0.15, 0.2) is 182 Å². The molecule has 8 aromatic carbocycles. The summed E-state index contributed by atoms with van der Waals surface area (Å²) in [6.45, 7) is 7.60. The maximum Gasteiger partial charge on any atom is 0.204 e. The Morgan fingerprint density at radius 3 is 1.57 bits per heavy atom. The molecule has 4 nitrogen and oxygen atoms in total. The Bertz CT molecular complexity index is 3160. The number of rotatable bonds is 5. The van der Waals surface area contributed by atoms with Crippen molar-refractivity contribution in [3.05, 3.63) is 199 Å². The van der Waals surface area contributed by atoms with Crippen LogP contribution in [0.1, 0.15) is 5.56 Å². The van der Waals surface area contributed by atoms with Crippen LogP contribution in [0.3, 0.4) is 0 Å². The topological polar surface area (TPSA) is 38.0 Å². The van der Waals surface area contributed by atoms with Crippen molar-refractivity contribution in [2.24, 2.45) is 0 Å². The summed E-state index contributed by atoms with van der Waals surface area (Å²) in [6.07, 6.45) is 0. The summed E-state index contributed by atoms with van der Waals surface area (Å²) in [6, 6.07) is 66.2. The summed E-state index contributed by atoms with van der Waals surface area (Å²) in [5, 5.41) is 14.6. The van der Waals surface area contributed by atoms with Crippen molar-refractivity contribution < 1.29 is 0 Å². The van der Waals surface area contributed by atoms with Gasteiger partial charge >= 0.3 is 0 Å². The van der Waals surface area contributed by atoms with E-state index in [1.807, 2.05) is 18.2 Å². The number of para-hydroxylation sites is 1. The van der Waals surface area contributed by atoms with E-state index in [-0.39, 0.29) is 0 Å². The smallest absolute Gasteiger partial charge is 0.204 e. The molecular formula is C50H30N4. The van der Waals surface area contributed by atoms with E-state index in [0.29, 0.717) is 11.3 Å². The lowest BCUT2D eigenvalue weighted by Crippen LogP contribution is -1.95. The Morgan fingerprint density at radius 1 is 0.426 bits per heavy atom. The highest BCUT2D eigenvalue weighted by Gasteiger charge is 2.20. The van der Waals surface area contributed by atoms with Gasteiger partial charge in [-0.3, -0.25) is 0 Å². The van der Waals surface area contributed by atoms with E-state index in [2.05, 4.69) is 178 Å². The quantitative estimate of drug-likeness (QED) is 0.166. The average Bonchev–Trinajstić information content (AvgIpc) is 3.76. The van der Waals surface area contributed by atoms with Gasteiger partial charge < -0.3 is 9.13 Å². The maximum absolute atomic E-state index is 9.97. The monoisotopic (exact) mass is 686 g/mol. The number of aromatic nitrogens is 2. The largest absolute Gasteiger partial charge is 0.309 e. The van der Waals surface area contributed by atoms with Crippen LogP contribution < -0.4 is 0 Å². The molecule has 0 amide bonds. The molecule has 0 spiro atoms. The van der Waals surface area contributed by atoms with Crippen LogP contribution in [0.2, 0.25) is 0 Å². The molecule has 250 valence electrons. The second-order valence-corrected chi connectivity index (χ2v) is 13.6. The molecule has 0 N–H and O–H groups in total. The first-order chi connectivity index (χ1) is 26.7. The summed E-state index contributed by atoms with van der Waals surface area (Å²) in [5.74, 6) is 0. The lowest BCUT2D eigenvalue weighted by Gasteiger charge is -2.10. The van der Waals surface area contributed by atoms with Crippen molar-refractivity contribution in [1.29, 1.82) is 5.26 Å². The lowest BCUT2D eigenvalue weighted by atomic mass is 9.96. The molecule has 54 heavy (non-hydrogen) atoms. The van der Waals surface area contributed by atoms with Gasteiger partial charge in [-0.1, -0.05) is 115 Å². The molecule has 4 heteroatoms.